The Morgan fingerprint density at radius 3 is 1.62 bits per heavy atom. The van der Waals surface area contributed by atoms with Crippen LogP contribution in [0.1, 0.15) is 35.3 Å². The number of benzene rings is 7. The molecule has 4 heteroatoms. The number of fused-ring (bicyclic) bond motifs is 4. The third kappa shape index (κ3) is 4.90. The van der Waals surface area contributed by atoms with Crippen molar-refractivity contribution < 1.29 is 9.90 Å². The Balaban J connectivity index is 1.27. The van der Waals surface area contributed by atoms with Gasteiger partial charge in [0, 0.05) is 39.2 Å². The maximum Gasteiger partial charge on any atom is 0.335 e. The highest BCUT2D eigenvalue weighted by molar-refractivity contribution is 6.00. The fraction of sp³-hybridized carbons (Fsp3) is 0.0682. The van der Waals surface area contributed by atoms with Crippen LogP contribution >= 0.6 is 0 Å². The number of rotatable bonds is 7. The zero-order chi connectivity index (χ0) is 32.8. The van der Waals surface area contributed by atoms with Crippen LogP contribution in [-0.4, -0.2) is 11.1 Å². The lowest BCUT2D eigenvalue weighted by Crippen LogP contribution is -2.18. The molecule has 0 spiro atoms. The number of anilines is 6. The molecule has 0 aliphatic heterocycles. The van der Waals surface area contributed by atoms with E-state index in [1.54, 1.807) is 12.1 Å². The molecule has 0 heterocycles. The summed E-state index contributed by atoms with van der Waals surface area (Å²) in [5.41, 5.74) is 11.0. The second kappa shape index (κ2) is 11.6. The van der Waals surface area contributed by atoms with Crippen LogP contribution in [0.4, 0.5) is 34.1 Å². The van der Waals surface area contributed by atoms with Gasteiger partial charge in [-0.2, -0.15) is 0 Å². The van der Waals surface area contributed by atoms with Gasteiger partial charge in [0.1, 0.15) is 0 Å². The van der Waals surface area contributed by atoms with Gasteiger partial charge in [-0.25, -0.2) is 4.79 Å². The van der Waals surface area contributed by atoms with Crippen molar-refractivity contribution in [1.82, 2.24) is 0 Å². The van der Waals surface area contributed by atoms with E-state index in [1.165, 1.54) is 22.3 Å². The first-order valence-corrected chi connectivity index (χ1v) is 16.2. The molecule has 232 valence electrons. The maximum absolute atomic E-state index is 12.1. The summed E-state index contributed by atoms with van der Waals surface area (Å²) in [4.78, 5) is 16.6. The van der Waals surface area contributed by atoms with Crippen LogP contribution in [0.5, 0.6) is 0 Å². The number of nitrogens with zero attached hydrogens (tertiary/aromatic N) is 2. The molecule has 0 aromatic heterocycles. The zero-order valence-corrected chi connectivity index (χ0v) is 26.8. The average Bonchev–Trinajstić information content (AvgIpc) is 3.35. The van der Waals surface area contributed by atoms with Gasteiger partial charge in [-0.15, -0.1) is 0 Å². The summed E-state index contributed by atoms with van der Waals surface area (Å²) in [6, 6.07) is 56.3. The molecule has 7 aromatic rings. The van der Waals surface area contributed by atoms with Gasteiger partial charge in [-0.05, 0) is 100 Å². The van der Waals surface area contributed by atoms with Crippen molar-refractivity contribution >= 4 is 50.9 Å². The van der Waals surface area contributed by atoms with Crippen LogP contribution in [0.25, 0.3) is 21.9 Å². The third-order valence-corrected chi connectivity index (χ3v) is 9.55. The van der Waals surface area contributed by atoms with E-state index < -0.39 is 5.97 Å². The summed E-state index contributed by atoms with van der Waals surface area (Å²) < 4.78 is 0. The monoisotopic (exact) mass is 622 g/mol. The lowest BCUT2D eigenvalue weighted by atomic mass is 9.82. The highest BCUT2D eigenvalue weighted by Crippen LogP contribution is 2.52. The van der Waals surface area contributed by atoms with Crippen molar-refractivity contribution in [2.24, 2.45) is 0 Å². The number of hydrogen-bond acceptors (Lipinski definition) is 3. The zero-order valence-electron chi connectivity index (χ0n) is 26.8. The van der Waals surface area contributed by atoms with Crippen molar-refractivity contribution in [3.05, 3.63) is 180 Å². The predicted molar refractivity (Wildman–Crippen MR) is 198 cm³/mol. The van der Waals surface area contributed by atoms with Crippen LogP contribution in [0.3, 0.4) is 0 Å². The number of carboxylic acids is 1. The van der Waals surface area contributed by atoms with Gasteiger partial charge in [0.2, 0.25) is 0 Å². The highest BCUT2D eigenvalue weighted by Gasteiger charge is 2.37. The molecule has 48 heavy (non-hydrogen) atoms. The first-order chi connectivity index (χ1) is 23.4. The van der Waals surface area contributed by atoms with Crippen LogP contribution in [0.2, 0.25) is 0 Å². The molecule has 1 aliphatic rings. The van der Waals surface area contributed by atoms with E-state index in [-0.39, 0.29) is 11.0 Å². The molecule has 0 unspecified atom stereocenters. The molecule has 1 aliphatic carbocycles. The highest BCUT2D eigenvalue weighted by atomic mass is 16.4. The van der Waals surface area contributed by atoms with Crippen LogP contribution in [0, 0.1) is 0 Å². The largest absolute Gasteiger partial charge is 0.478 e. The summed E-state index contributed by atoms with van der Waals surface area (Å²) >= 11 is 0. The Morgan fingerprint density at radius 1 is 0.500 bits per heavy atom. The van der Waals surface area contributed by atoms with E-state index >= 15 is 0 Å². The summed E-state index contributed by atoms with van der Waals surface area (Å²) in [5.74, 6) is -0.948. The normalized spacial score (nSPS) is 12.7. The van der Waals surface area contributed by atoms with Crippen molar-refractivity contribution in [2.45, 2.75) is 19.3 Å². The van der Waals surface area contributed by atoms with E-state index in [2.05, 4.69) is 139 Å². The van der Waals surface area contributed by atoms with E-state index in [1.807, 2.05) is 36.4 Å². The Kier molecular flexibility index (Phi) is 7.07. The first-order valence-electron chi connectivity index (χ1n) is 16.2. The van der Waals surface area contributed by atoms with Crippen LogP contribution < -0.4 is 9.80 Å². The molecule has 4 nitrogen and oxygen atoms in total. The van der Waals surface area contributed by atoms with E-state index in [9.17, 15) is 9.90 Å². The molecular formula is C44H34N2O2. The Bertz CT molecular complexity index is 2270. The second-order valence-electron chi connectivity index (χ2n) is 12.8. The second-order valence-corrected chi connectivity index (χ2v) is 12.8. The Labute approximate surface area is 280 Å². The topological polar surface area (TPSA) is 43.8 Å². The molecule has 0 amide bonds. The number of aromatic carboxylic acids is 1. The minimum Gasteiger partial charge on any atom is -0.478 e. The summed E-state index contributed by atoms with van der Waals surface area (Å²) in [5, 5.41) is 12.1. The first kappa shape index (κ1) is 29.3. The van der Waals surface area contributed by atoms with Gasteiger partial charge in [0.15, 0.2) is 0 Å². The fourth-order valence-electron chi connectivity index (χ4n) is 7.20. The smallest absolute Gasteiger partial charge is 0.335 e. The number of para-hydroxylation sites is 2. The maximum atomic E-state index is 12.1. The third-order valence-electron chi connectivity index (χ3n) is 9.55. The molecule has 0 fully saturated rings. The molecule has 0 atom stereocenters. The lowest BCUT2D eigenvalue weighted by molar-refractivity contribution is 0.0697. The van der Waals surface area contributed by atoms with Gasteiger partial charge in [-0.3, -0.25) is 0 Å². The Morgan fingerprint density at radius 2 is 1.00 bits per heavy atom. The van der Waals surface area contributed by atoms with Crippen molar-refractivity contribution in [3.8, 4) is 11.1 Å². The predicted octanol–water partition coefficient (Wildman–Crippen LogP) is 11.8. The SMILES string of the molecule is CC1(C)c2cc(N(c3ccccc3)c3ccccc3)ccc2-c2ccc(N(c3cccc(C(=O)O)c3)c3cccc4ccccc34)cc21. The lowest BCUT2D eigenvalue weighted by Gasteiger charge is -2.29. The van der Waals surface area contributed by atoms with Crippen molar-refractivity contribution in [1.29, 1.82) is 0 Å². The molecule has 0 radical (unpaired) electrons. The quantitative estimate of drug-likeness (QED) is 0.192. The minimum atomic E-state index is -0.948. The number of hydrogen-bond donors (Lipinski definition) is 1. The van der Waals surface area contributed by atoms with Crippen LogP contribution in [-0.2, 0) is 5.41 Å². The van der Waals surface area contributed by atoms with E-state index in [0.29, 0.717) is 0 Å². The number of carbonyl (C=O) groups is 1. The molecule has 0 bridgehead atoms. The molecule has 0 saturated heterocycles. The molecular weight excluding hydrogens is 588 g/mol. The average molecular weight is 623 g/mol. The van der Waals surface area contributed by atoms with E-state index in [4.69, 9.17) is 0 Å². The molecule has 1 N–H and O–H groups in total. The van der Waals surface area contributed by atoms with Gasteiger partial charge in [-0.1, -0.05) is 105 Å². The molecule has 8 rings (SSSR count). The van der Waals surface area contributed by atoms with Gasteiger partial charge < -0.3 is 14.9 Å². The number of carboxylic acid groups (broad SMARTS) is 1. The summed E-state index contributed by atoms with van der Waals surface area (Å²) in [7, 11) is 0. The standard InChI is InChI=1S/C44H34N2O2/c1-44(2)40-28-35(45(32-16-5-3-6-17-32)33-18-7-4-8-19-33)23-25-38(40)39-26-24-36(29-41(39)44)46(34-20-11-15-31(27-34)43(47)48)42-22-12-14-30-13-9-10-21-37(30)42/h3-29H,1-2H3,(H,47,48). The fourth-order valence-corrected chi connectivity index (χ4v) is 7.20. The van der Waals surface area contributed by atoms with E-state index in [0.717, 1.165) is 44.9 Å². The summed E-state index contributed by atoms with van der Waals surface area (Å²) in [6.07, 6.45) is 0. The summed E-state index contributed by atoms with van der Waals surface area (Å²) in [6.45, 7) is 4.60. The minimum absolute atomic E-state index is 0.251. The van der Waals surface area contributed by atoms with Crippen molar-refractivity contribution in [3.63, 3.8) is 0 Å². The van der Waals surface area contributed by atoms with Crippen LogP contribution in [0.15, 0.2) is 164 Å². The molecule has 7 aromatic carbocycles. The van der Waals surface area contributed by atoms with Crippen molar-refractivity contribution in [2.75, 3.05) is 9.80 Å². The van der Waals surface area contributed by atoms with Gasteiger partial charge in [0.05, 0.1) is 11.3 Å². The molecule has 0 saturated carbocycles. The van der Waals surface area contributed by atoms with Gasteiger partial charge >= 0.3 is 5.97 Å². The Hall–Kier alpha value is -6.13. The van der Waals surface area contributed by atoms with Gasteiger partial charge in [0.25, 0.3) is 0 Å².